The van der Waals surface area contributed by atoms with Gasteiger partial charge >= 0.3 is 0 Å². The van der Waals surface area contributed by atoms with Gasteiger partial charge in [0.25, 0.3) is 0 Å². The Kier molecular flexibility index (Phi) is 6.22. The molecule has 2 heterocycles. The average Bonchev–Trinajstić information content (AvgIpc) is 3.34. The van der Waals surface area contributed by atoms with Crippen LogP contribution in [0.2, 0.25) is 0 Å². The normalized spacial score (nSPS) is 21.4. The lowest BCUT2D eigenvalue weighted by Crippen LogP contribution is -2.35. The zero-order valence-corrected chi connectivity index (χ0v) is 16.7. The number of hydrogen-bond acceptors (Lipinski definition) is 5. The van der Waals surface area contributed by atoms with Crippen LogP contribution in [0.4, 0.5) is 0 Å². The molecule has 3 aromatic rings. The van der Waals surface area contributed by atoms with Gasteiger partial charge in [-0.25, -0.2) is 9.97 Å². The molecule has 0 saturated heterocycles. The van der Waals surface area contributed by atoms with E-state index in [9.17, 15) is 5.11 Å². The molecule has 1 aliphatic carbocycles. The quantitative estimate of drug-likeness (QED) is 0.616. The van der Waals surface area contributed by atoms with Crippen LogP contribution in [-0.2, 0) is 13.1 Å². The molecule has 1 saturated carbocycles. The zero-order chi connectivity index (χ0) is 20.1. The number of aliphatic hydroxyl groups is 1. The van der Waals surface area contributed by atoms with E-state index in [1.54, 1.807) is 0 Å². The van der Waals surface area contributed by atoms with Crippen molar-refractivity contribution >= 4 is 0 Å². The van der Waals surface area contributed by atoms with Crippen LogP contribution in [0.15, 0.2) is 60.9 Å². The van der Waals surface area contributed by atoms with Crippen molar-refractivity contribution in [2.45, 2.75) is 45.0 Å². The van der Waals surface area contributed by atoms with Gasteiger partial charge in [0.1, 0.15) is 5.82 Å². The first-order valence-electron chi connectivity index (χ1n) is 10.3. The van der Waals surface area contributed by atoms with Gasteiger partial charge in [0.2, 0.25) is 5.88 Å². The molecule has 152 valence electrons. The fourth-order valence-corrected chi connectivity index (χ4v) is 4.09. The van der Waals surface area contributed by atoms with Gasteiger partial charge in [0, 0.05) is 43.2 Å². The Balaban J connectivity index is 1.35. The van der Waals surface area contributed by atoms with Gasteiger partial charge in [0.15, 0.2) is 0 Å². The fraction of sp³-hybridized carbons (Fsp3) is 0.391. The van der Waals surface area contributed by atoms with Crippen molar-refractivity contribution in [1.29, 1.82) is 0 Å². The van der Waals surface area contributed by atoms with Crippen LogP contribution in [-0.4, -0.2) is 38.4 Å². The van der Waals surface area contributed by atoms with E-state index in [1.165, 1.54) is 0 Å². The van der Waals surface area contributed by atoms with Gasteiger partial charge in [-0.2, -0.15) is 0 Å². The lowest BCUT2D eigenvalue weighted by molar-refractivity contribution is 0.145. The van der Waals surface area contributed by atoms with Gasteiger partial charge in [-0.3, -0.25) is 0 Å². The summed E-state index contributed by atoms with van der Waals surface area (Å²) in [6.07, 6.45) is 5.24. The highest BCUT2D eigenvalue weighted by Crippen LogP contribution is 2.29. The van der Waals surface area contributed by atoms with E-state index in [2.05, 4.69) is 32.0 Å². The molecule has 3 atom stereocenters. The van der Waals surface area contributed by atoms with E-state index in [4.69, 9.17) is 4.74 Å². The fourth-order valence-electron chi connectivity index (χ4n) is 4.09. The summed E-state index contributed by atoms with van der Waals surface area (Å²) in [5.74, 6) is 2.03. The first-order chi connectivity index (χ1) is 14.2. The number of nitrogens with zero attached hydrogens (tertiary/aromatic N) is 3. The number of ether oxygens (including phenoxy) is 1. The van der Waals surface area contributed by atoms with E-state index in [0.29, 0.717) is 24.9 Å². The van der Waals surface area contributed by atoms with Crippen LogP contribution < -0.4 is 10.1 Å². The SMILES string of the molecule is CCOc1cccc(CN[C@@H]2CC(Cn3ccnc3-c3ccccc3)C[C@H]2O)n1. The minimum Gasteiger partial charge on any atom is -0.478 e. The van der Waals surface area contributed by atoms with E-state index in [0.717, 1.165) is 36.5 Å². The Morgan fingerprint density at radius 1 is 1.14 bits per heavy atom. The number of hydrogen-bond donors (Lipinski definition) is 2. The molecular weight excluding hydrogens is 364 g/mol. The summed E-state index contributed by atoms with van der Waals surface area (Å²) in [4.78, 5) is 9.03. The van der Waals surface area contributed by atoms with Gasteiger partial charge < -0.3 is 19.7 Å². The smallest absolute Gasteiger partial charge is 0.213 e. The summed E-state index contributed by atoms with van der Waals surface area (Å²) in [7, 11) is 0. The van der Waals surface area contributed by atoms with Gasteiger partial charge in [-0.05, 0) is 31.7 Å². The van der Waals surface area contributed by atoms with Gasteiger partial charge in [-0.1, -0.05) is 36.4 Å². The number of nitrogens with one attached hydrogen (secondary N) is 1. The summed E-state index contributed by atoms with van der Waals surface area (Å²) in [6, 6.07) is 16.1. The van der Waals surface area contributed by atoms with Crippen LogP contribution in [0.1, 0.15) is 25.5 Å². The third kappa shape index (κ3) is 4.83. The van der Waals surface area contributed by atoms with Crippen LogP contribution >= 0.6 is 0 Å². The third-order valence-corrected chi connectivity index (χ3v) is 5.45. The van der Waals surface area contributed by atoms with Crippen molar-refractivity contribution in [3.05, 3.63) is 66.6 Å². The molecule has 6 nitrogen and oxygen atoms in total. The highest BCUT2D eigenvalue weighted by Gasteiger charge is 2.33. The number of aromatic nitrogens is 3. The first kappa shape index (κ1) is 19.6. The number of aliphatic hydroxyl groups excluding tert-OH is 1. The van der Waals surface area contributed by atoms with Crippen molar-refractivity contribution in [1.82, 2.24) is 19.9 Å². The topological polar surface area (TPSA) is 72.2 Å². The van der Waals surface area contributed by atoms with Crippen LogP contribution in [0.3, 0.4) is 0 Å². The average molecular weight is 393 g/mol. The lowest BCUT2D eigenvalue weighted by atomic mass is 10.1. The molecule has 2 aromatic heterocycles. The number of pyridine rings is 1. The van der Waals surface area contributed by atoms with Gasteiger partial charge in [-0.15, -0.1) is 0 Å². The number of imidazole rings is 1. The summed E-state index contributed by atoms with van der Waals surface area (Å²) < 4.78 is 7.66. The maximum atomic E-state index is 10.6. The zero-order valence-electron chi connectivity index (χ0n) is 16.7. The summed E-state index contributed by atoms with van der Waals surface area (Å²) in [5, 5.41) is 14.0. The molecular formula is C23H28N4O2. The molecule has 1 fully saturated rings. The molecule has 0 spiro atoms. The minimum absolute atomic E-state index is 0.0706. The molecule has 0 radical (unpaired) electrons. The van der Waals surface area contributed by atoms with Gasteiger partial charge in [0.05, 0.1) is 18.4 Å². The number of benzene rings is 1. The van der Waals surface area contributed by atoms with Crippen molar-refractivity contribution in [2.24, 2.45) is 5.92 Å². The molecule has 2 N–H and O–H groups in total. The maximum absolute atomic E-state index is 10.6. The van der Waals surface area contributed by atoms with Crippen LogP contribution in [0.25, 0.3) is 11.4 Å². The third-order valence-electron chi connectivity index (χ3n) is 5.45. The summed E-state index contributed by atoms with van der Waals surface area (Å²) in [5.41, 5.74) is 2.04. The lowest BCUT2D eigenvalue weighted by Gasteiger charge is -2.16. The molecule has 29 heavy (non-hydrogen) atoms. The molecule has 4 rings (SSSR count). The Morgan fingerprint density at radius 2 is 2.00 bits per heavy atom. The number of rotatable bonds is 8. The predicted octanol–water partition coefficient (Wildman–Crippen LogP) is 3.27. The molecule has 1 aromatic carbocycles. The highest BCUT2D eigenvalue weighted by atomic mass is 16.5. The molecule has 6 heteroatoms. The van der Waals surface area contributed by atoms with E-state index in [1.807, 2.05) is 55.7 Å². The molecule has 1 aliphatic rings. The second-order valence-electron chi connectivity index (χ2n) is 7.56. The van der Waals surface area contributed by atoms with Crippen LogP contribution in [0, 0.1) is 5.92 Å². The molecule has 0 amide bonds. The predicted molar refractivity (Wildman–Crippen MR) is 112 cm³/mol. The van der Waals surface area contributed by atoms with Crippen molar-refractivity contribution < 1.29 is 9.84 Å². The summed E-state index contributed by atoms with van der Waals surface area (Å²) in [6.45, 7) is 4.03. The molecule has 1 unspecified atom stereocenters. The Labute approximate surface area is 171 Å². The Morgan fingerprint density at radius 3 is 2.83 bits per heavy atom. The monoisotopic (exact) mass is 392 g/mol. The van der Waals surface area contributed by atoms with E-state index >= 15 is 0 Å². The van der Waals surface area contributed by atoms with Crippen LogP contribution in [0.5, 0.6) is 5.88 Å². The molecule has 0 aliphatic heterocycles. The largest absolute Gasteiger partial charge is 0.478 e. The molecule has 0 bridgehead atoms. The maximum Gasteiger partial charge on any atom is 0.213 e. The van der Waals surface area contributed by atoms with E-state index in [-0.39, 0.29) is 12.1 Å². The van der Waals surface area contributed by atoms with Crippen molar-refractivity contribution in [3.8, 4) is 17.3 Å². The first-order valence-corrected chi connectivity index (χ1v) is 10.3. The standard InChI is InChI=1S/C23H28N4O2/c1-2-29-22-10-6-9-19(26-22)15-25-20-13-17(14-21(20)28)16-27-12-11-24-23(27)18-7-4-3-5-8-18/h3-12,17,20-21,25,28H,2,13-16H2,1H3/t17?,20-,21-/m1/s1. The second kappa shape index (κ2) is 9.20. The van der Waals surface area contributed by atoms with E-state index < -0.39 is 0 Å². The Hall–Kier alpha value is -2.70. The van der Waals surface area contributed by atoms with Crippen molar-refractivity contribution in [3.63, 3.8) is 0 Å². The minimum atomic E-state index is -0.348. The highest BCUT2D eigenvalue weighted by molar-refractivity contribution is 5.55. The summed E-state index contributed by atoms with van der Waals surface area (Å²) >= 11 is 0. The van der Waals surface area contributed by atoms with Crippen molar-refractivity contribution in [2.75, 3.05) is 6.61 Å². The second-order valence-corrected chi connectivity index (χ2v) is 7.56. The Bertz CT molecular complexity index is 912.